The molecule has 1 amide bonds. The summed E-state index contributed by atoms with van der Waals surface area (Å²) in [7, 11) is -3.59. The molecule has 2 aromatic rings. The molecular formula is C18H19BrN2O3S. The first-order valence-corrected chi connectivity index (χ1v) is 10.5. The first-order valence-electron chi connectivity index (χ1n) is 7.90. The molecule has 1 aliphatic rings. The molecule has 1 heterocycles. The van der Waals surface area contributed by atoms with E-state index in [1.54, 1.807) is 23.1 Å². The van der Waals surface area contributed by atoms with Crippen LogP contribution >= 0.6 is 15.9 Å². The summed E-state index contributed by atoms with van der Waals surface area (Å²) in [4.78, 5) is 14.6. The number of carbonyl (C=O) groups excluding carboxylic acids is 1. The molecule has 1 aliphatic heterocycles. The maximum absolute atomic E-state index is 12.9. The fourth-order valence-corrected chi connectivity index (χ4v) is 4.40. The first kappa shape index (κ1) is 17.9. The topological polar surface area (TPSA) is 57.7 Å². The molecule has 0 unspecified atom stereocenters. The number of nitrogens with zero attached hydrogens (tertiary/aromatic N) is 2. The molecule has 0 saturated carbocycles. The quantitative estimate of drug-likeness (QED) is 0.759. The van der Waals surface area contributed by atoms with E-state index in [-0.39, 0.29) is 18.5 Å². The summed E-state index contributed by atoms with van der Waals surface area (Å²) in [6, 6.07) is 14.7. The van der Waals surface area contributed by atoms with Gasteiger partial charge in [-0.2, -0.15) is 0 Å². The monoisotopic (exact) mass is 422 g/mol. The summed E-state index contributed by atoms with van der Waals surface area (Å²) in [6.07, 6.45) is 1.89. The highest BCUT2D eigenvalue weighted by Gasteiger charge is 2.33. The molecule has 25 heavy (non-hydrogen) atoms. The smallest absolute Gasteiger partial charge is 0.248 e. The Morgan fingerprint density at radius 1 is 1.24 bits per heavy atom. The molecule has 0 aromatic heterocycles. The van der Waals surface area contributed by atoms with E-state index in [4.69, 9.17) is 0 Å². The van der Waals surface area contributed by atoms with Crippen molar-refractivity contribution in [3.05, 3.63) is 58.6 Å². The van der Waals surface area contributed by atoms with Gasteiger partial charge < -0.3 is 4.90 Å². The second kappa shape index (κ2) is 6.80. The molecule has 0 radical (unpaired) electrons. The van der Waals surface area contributed by atoms with Crippen molar-refractivity contribution in [2.75, 3.05) is 22.0 Å². The van der Waals surface area contributed by atoms with Crippen molar-refractivity contribution in [3.8, 4) is 0 Å². The van der Waals surface area contributed by atoms with Crippen molar-refractivity contribution in [1.82, 2.24) is 0 Å². The highest BCUT2D eigenvalue weighted by molar-refractivity contribution is 9.10. The number of halogens is 1. The average Bonchev–Trinajstić information content (AvgIpc) is 2.87. The van der Waals surface area contributed by atoms with Crippen molar-refractivity contribution in [3.63, 3.8) is 0 Å². The van der Waals surface area contributed by atoms with Crippen molar-refractivity contribution in [2.45, 2.75) is 19.4 Å². The lowest BCUT2D eigenvalue weighted by Gasteiger charge is -2.28. The number of para-hydroxylation sites is 1. The second-order valence-corrected chi connectivity index (χ2v) is 9.02. The zero-order valence-corrected chi connectivity index (χ0v) is 16.4. The number of hydrogen-bond donors (Lipinski definition) is 0. The maximum Gasteiger partial charge on any atom is 0.248 e. The summed E-state index contributed by atoms with van der Waals surface area (Å²) < 4.78 is 26.4. The number of anilines is 2. The van der Waals surface area contributed by atoms with Gasteiger partial charge in [0.1, 0.15) is 6.54 Å². The van der Waals surface area contributed by atoms with Crippen molar-refractivity contribution >= 4 is 43.2 Å². The summed E-state index contributed by atoms with van der Waals surface area (Å²) in [5, 5.41) is 0. The Morgan fingerprint density at radius 3 is 2.64 bits per heavy atom. The number of hydrogen-bond acceptors (Lipinski definition) is 3. The number of sulfonamides is 1. The van der Waals surface area contributed by atoms with Crippen molar-refractivity contribution in [1.29, 1.82) is 0 Å². The average molecular weight is 423 g/mol. The van der Waals surface area contributed by atoms with Crippen LogP contribution < -0.4 is 9.21 Å². The largest absolute Gasteiger partial charge is 0.307 e. The predicted molar refractivity (Wildman–Crippen MR) is 103 cm³/mol. The van der Waals surface area contributed by atoms with E-state index >= 15 is 0 Å². The molecule has 3 rings (SSSR count). The minimum absolute atomic E-state index is 0.00817. The Labute approximate surface area is 156 Å². The fourth-order valence-electron chi connectivity index (χ4n) is 3.18. The van der Waals surface area contributed by atoms with Gasteiger partial charge in [-0.1, -0.05) is 40.2 Å². The van der Waals surface area contributed by atoms with Crippen LogP contribution in [0.1, 0.15) is 12.5 Å². The molecule has 7 heteroatoms. The van der Waals surface area contributed by atoms with Gasteiger partial charge in [-0.05, 0) is 43.2 Å². The van der Waals surface area contributed by atoms with Gasteiger partial charge in [0.2, 0.25) is 15.9 Å². The third-order valence-electron chi connectivity index (χ3n) is 4.25. The fraction of sp³-hybridized carbons (Fsp3) is 0.278. The summed E-state index contributed by atoms with van der Waals surface area (Å²) in [5.74, 6) is -0.233. The van der Waals surface area contributed by atoms with Gasteiger partial charge in [0.05, 0.1) is 11.9 Å². The lowest BCUT2D eigenvalue weighted by atomic mass is 10.1. The maximum atomic E-state index is 12.9. The molecule has 5 nitrogen and oxygen atoms in total. The Balaban J connectivity index is 1.92. The lowest BCUT2D eigenvalue weighted by Crippen LogP contribution is -2.45. The summed E-state index contributed by atoms with van der Waals surface area (Å²) >= 11 is 3.34. The third-order valence-corrected chi connectivity index (χ3v) is 5.89. The van der Waals surface area contributed by atoms with Crippen LogP contribution in [0, 0.1) is 0 Å². The molecule has 0 N–H and O–H groups in total. The van der Waals surface area contributed by atoms with Crippen LogP contribution in [0.2, 0.25) is 0 Å². The Morgan fingerprint density at radius 2 is 1.96 bits per heavy atom. The third kappa shape index (κ3) is 3.72. The minimum atomic E-state index is -3.59. The van der Waals surface area contributed by atoms with E-state index < -0.39 is 10.0 Å². The number of benzene rings is 2. The van der Waals surface area contributed by atoms with E-state index in [1.807, 2.05) is 37.3 Å². The van der Waals surface area contributed by atoms with Gasteiger partial charge in [0, 0.05) is 16.2 Å². The first-order chi connectivity index (χ1) is 11.8. The van der Waals surface area contributed by atoms with E-state index in [1.165, 1.54) is 0 Å². The van der Waals surface area contributed by atoms with Crippen LogP contribution in [0.5, 0.6) is 0 Å². The Kier molecular flexibility index (Phi) is 4.88. The molecule has 1 atom stereocenters. The van der Waals surface area contributed by atoms with Crippen LogP contribution in [0.4, 0.5) is 11.4 Å². The van der Waals surface area contributed by atoms with Crippen LogP contribution in [-0.4, -0.2) is 33.2 Å². The zero-order valence-electron chi connectivity index (χ0n) is 14.0. The minimum Gasteiger partial charge on any atom is -0.307 e. The molecule has 132 valence electrons. The number of fused-ring (bicyclic) bond motifs is 1. The van der Waals surface area contributed by atoms with Crippen LogP contribution in [0.15, 0.2) is 53.0 Å². The molecule has 0 saturated heterocycles. The van der Waals surface area contributed by atoms with E-state index in [2.05, 4.69) is 15.9 Å². The van der Waals surface area contributed by atoms with E-state index in [0.717, 1.165) is 32.7 Å². The van der Waals surface area contributed by atoms with Crippen LogP contribution in [0.25, 0.3) is 0 Å². The predicted octanol–water partition coefficient (Wildman–Crippen LogP) is 3.19. The second-order valence-electron chi connectivity index (χ2n) is 6.20. The van der Waals surface area contributed by atoms with Gasteiger partial charge in [-0.25, -0.2) is 8.42 Å². The van der Waals surface area contributed by atoms with Gasteiger partial charge in [-0.3, -0.25) is 9.10 Å². The molecule has 2 aromatic carbocycles. The number of carbonyl (C=O) groups is 1. The molecule has 0 aliphatic carbocycles. The normalized spacial score (nSPS) is 16.6. The Bertz CT molecular complexity index is 914. The highest BCUT2D eigenvalue weighted by atomic mass is 79.9. The van der Waals surface area contributed by atoms with Gasteiger partial charge in [0.25, 0.3) is 0 Å². The van der Waals surface area contributed by atoms with E-state index in [9.17, 15) is 13.2 Å². The van der Waals surface area contributed by atoms with Gasteiger partial charge >= 0.3 is 0 Å². The van der Waals surface area contributed by atoms with E-state index in [0.29, 0.717) is 5.69 Å². The molecule has 0 bridgehead atoms. The van der Waals surface area contributed by atoms with Gasteiger partial charge in [0.15, 0.2) is 0 Å². The van der Waals surface area contributed by atoms with Crippen molar-refractivity contribution < 1.29 is 13.2 Å². The summed E-state index contributed by atoms with van der Waals surface area (Å²) in [5.41, 5.74) is 2.43. The summed E-state index contributed by atoms with van der Waals surface area (Å²) in [6.45, 7) is 1.75. The van der Waals surface area contributed by atoms with Crippen LogP contribution in [0.3, 0.4) is 0 Å². The number of rotatable bonds is 4. The zero-order chi connectivity index (χ0) is 18.2. The molecular weight excluding hydrogens is 404 g/mol. The Hall–Kier alpha value is -1.86. The number of amides is 1. The van der Waals surface area contributed by atoms with Gasteiger partial charge in [-0.15, -0.1) is 0 Å². The highest BCUT2D eigenvalue weighted by Crippen LogP contribution is 2.32. The van der Waals surface area contributed by atoms with Crippen LogP contribution in [-0.2, 0) is 21.2 Å². The lowest BCUT2D eigenvalue weighted by molar-refractivity contribution is -0.117. The molecule has 0 spiro atoms. The standard InChI is InChI=1S/C18H19BrN2O3S/c1-13-10-14-6-3-4-9-17(14)21(13)18(22)12-20(25(2,23)24)16-8-5-7-15(19)11-16/h3-9,11,13H,10,12H2,1-2H3/t13-/m1/s1. The van der Waals surface area contributed by atoms with Crippen molar-refractivity contribution in [2.24, 2.45) is 0 Å². The SMILES string of the molecule is C[C@@H]1Cc2ccccc2N1C(=O)CN(c1cccc(Br)c1)S(C)(=O)=O. The molecule has 0 fully saturated rings.